The average molecular weight is 337 g/mol. The number of carbonyl (C=O) groups is 1. The van der Waals surface area contributed by atoms with Gasteiger partial charge in [-0.05, 0) is 43.5 Å². The van der Waals surface area contributed by atoms with E-state index < -0.39 is 12.1 Å². The molecule has 0 unspecified atom stereocenters. The maximum absolute atomic E-state index is 11.5. The standard InChI is InChI=1S/C18H27NO5/c1-13-5-4-8-19(10-13)11-15(20)12-24-16-7-6-14(18(21)23-3)9-17(16)22-2/h6-7,9,13,15,20H,4-5,8,10-12H2,1-3H3/t13-,15-/m0/s1. The lowest BCUT2D eigenvalue weighted by Gasteiger charge is -2.32. The van der Waals surface area contributed by atoms with Crippen molar-refractivity contribution in [1.82, 2.24) is 4.90 Å². The first-order valence-electron chi connectivity index (χ1n) is 8.33. The molecule has 1 heterocycles. The van der Waals surface area contributed by atoms with Crippen molar-refractivity contribution in [3.05, 3.63) is 23.8 Å². The second-order valence-electron chi connectivity index (χ2n) is 6.33. The Morgan fingerprint density at radius 1 is 1.38 bits per heavy atom. The molecule has 24 heavy (non-hydrogen) atoms. The Morgan fingerprint density at radius 2 is 2.17 bits per heavy atom. The van der Waals surface area contributed by atoms with Gasteiger partial charge in [0.15, 0.2) is 11.5 Å². The molecule has 0 saturated carbocycles. The quantitative estimate of drug-likeness (QED) is 0.767. The van der Waals surface area contributed by atoms with E-state index in [4.69, 9.17) is 9.47 Å². The number of ether oxygens (including phenoxy) is 3. The lowest BCUT2D eigenvalue weighted by atomic mass is 10.0. The predicted molar refractivity (Wildman–Crippen MR) is 90.7 cm³/mol. The average Bonchev–Trinajstić information content (AvgIpc) is 2.59. The van der Waals surface area contributed by atoms with Crippen LogP contribution in [0.15, 0.2) is 18.2 Å². The molecule has 2 rings (SSSR count). The molecule has 134 valence electrons. The molecule has 1 aliphatic rings. The van der Waals surface area contributed by atoms with Crippen molar-refractivity contribution in [1.29, 1.82) is 0 Å². The summed E-state index contributed by atoms with van der Waals surface area (Å²) in [5, 5.41) is 10.2. The van der Waals surface area contributed by atoms with Crippen molar-refractivity contribution in [2.75, 3.05) is 40.5 Å². The SMILES string of the molecule is COC(=O)c1ccc(OC[C@@H](O)CN2CCC[C@H](C)C2)c(OC)c1. The third kappa shape index (κ3) is 5.11. The molecule has 6 heteroatoms. The fourth-order valence-electron chi connectivity index (χ4n) is 3.02. The number of esters is 1. The highest BCUT2D eigenvalue weighted by molar-refractivity contribution is 5.90. The van der Waals surface area contributed by atoms with Crippen LogP contribution in [-0.2, 0) is 4.74 Å². The molecule has 0 radical (unpaired) electrons. The Morgan fingerprint density at radius 3 is 2.83 bits per heavy atom. The largest absolute Gasteiger partial charge is 0.493 e. The van der Waals surface area contributed by atoms with Crippen LogP contribution in [0.1, 0.15) is 30.1 Å². The van der Waals surface area contributed by atoms with E-state index in [1.807, 2.05) is 0 Å². The van der Waals surface area contributed by atoms with Gasteiger partial charge in [-0.15, -0.1) is 0 Å². The zero-order valence-corrected chi connectivity index (χ0v) is 14.7. The highest BCUT2D eigenvalue weighted by Crippen LogP contribution is 2.28. The number of aliphatic hydroxyl groups is 1. The Labute approximate surface area is 143 Å². The molecule has 0 aliphatic carbocycles. The fourth-order valence-corrected chi connectivity index (χ4v) is 3.02. The number of piperidine rings is 1. The minimum absolute atomic E-state index is 0.179. The molecule has 1 N–H and O–H groups in total. The van der Waals surface area contributed by atoms with E-state index in [2.05, 4.69) is 16.6 Å². The molecule has 1 saturated heterocycles. The van der Waals surface area contributed by atoms with Crippen LogP contribution in [0.25, 0.3) is 0 Å². The summed E-state index contributed by atoms with van der Waals surface area (Å²) in [6.45, 7) is 5.07. The van der Waals surface area contributed by atoms with E-state index >= 15 is 0 Å². The summed E-state index contributed by atoms with van der Waals surface area (Å²) in [5.74, 6) is 1.19. The van der Waals surface area contributed by atoms with Gasteiger partial charge in [0.1, 0.15) is 12.7 Å². The van der Waals surface area contributed by atoms with Crippen LogP contribution >= 0.6 is 0 Å². The predicted octanol–water partition coefficient (Wildman–Crippen LogP) is 1.95. The number of rotatable bonds is 7. The van der Waals surface area contributed by atoms with Crippen molar-refractivity contribution in [3.8, 4) is 11.5 Å². The first-order chi connectivity index (χ1) is 11.5. The molecule has 0 amide bonds. The summed E-state index contributed by atoms with van der Waals surface area (Å²) in [6, 6.07) is 4.84. The summed E-state index contributed by atoms with van der Waals surface area (Å²) in [5.41, 5.74) is 0.393. The summed E-state index contributed by atoms with van der Waals surface area (Å²) in [6.07, 6.45) is 1.87. The van der Waals surface area contributed by atoms with Crippen LogP contribution in [0.3, 0.4) is 0 Å². The molecule has 6 nitrogen and oxygen atoms in total. The summed E-state index contributed by atoms with van der Waals surface area (Å²) in [4.78, 5) is 13.8. The van der Waals surface area contributed by atoms with Gasteiger partial charge in [-0.1, -0.05) is 6.92 Å². The van der Waals surface area contributed by atoms with Gasteiger partial charge in [0.05, 0.1) is 19.8 Å². The number of carbonyl (C=O) groups excluding carboxylic acids is 1. The van der Waals surface area contributed by atoms with Gasteiger partial charge in [0.2, 0.25) is 0 Å². The molecule has 0 aromatic heterocycles. The molecule has 0 spiro atoms. The minimum Gasteiger partial charge on any atom is -0.493 e. The van der Waals surface area contributed by atoms with Crippen LogP contribution in [0.2, 0.25) is 0 Å². The van der Waals surface area contributed by atoms with Gasteiger partial charge >= 0.3 is 5.97 Å². The van der Waals surface area contributed by atoms with Crippen LogP contribution in [0.4, 0.5) is 0 Å². The number of methoxy groups -OCH3 is 2. The van der Waals surface area contributed by atoms with Crippen molar-refractivity contribution in [3.63, 3.8) is 0 Å². The first-order valence-corrected chi connectivity index (χ1v) is 8.33. The number of benzene rings is 1. The summed E-state index contributed by atoms with van der Waals surface area (Å²) in [7, 11) is 2.84. The van der Waals surface area contributed by atoms with Crippen LogP contribution in [0.5, 0.6) is 11.5 Å². The molecule has 1 aromatic rings. The van der Waals surface area contributed by atoms with Gasteiger partial charge in [-0.25, -0.2) is 4.79 Å². The molecule has 1 aromatic carbocycles. The highest BCUT2D eigenvalue weighted by atomic mass is 16.5. The topological polar surface area (TPSA) is 68.2 Å². The maximum atomic E-state index is 11.5. The molecule has 0 bridgehead atoms. The van der Waals surface area contributed by atoms with Crippen LogP contribution < -0.4 is 9.47 Å². The number of β-amino-alcohol motifs (C(OH)–C–C–N with tert-alkyl or cyclic N) is 1. The molecular formula is C18H27NO5. The Kier molecular flexibility index (Phi) is 6.87. The number of hydrogen-bond acceptors (Lipinski definition) is 6. The molecular weight excluding hydrogens is 310 g/mol. The van der Waals surface area contributed by atoms with E-state index in [0.717, 1.165) is 13.1 Å². The normalized spacial score (nSPS) is 19.6. The zero-order valence-electron chi connectivity index (χ0n) is 14.7. The molecule has 1 fully saturated rings. The lowest BCUT2D eigenvalue weighted by molar-refractivity contribution is 0.0528. The Balaban J connectivity index is 1.89. The van der Waals surface area contributed by atoms with Crippen molar-refractivity contribution < 1.29 is 24.1 Å². The number of nitrogens with zero attached hydrogens (tertiary/aromatic N) is 1. The monoisotopic (exact) mass is 337 g/mol. The van der Waals surface area contributed by atoms with Gasteiger partial charge in [-0.2, -0.15) is 0 Å². The Bertz CT molecular complexity index is 548. The highest BCUT2D eigenvalue weighted by Gasteiger charge is 2.19. The minimum atomic E-state index is -0.569. The van der Waals surface area contributed by atoms with Crippen molar-refractivity contribution >= 4 is 5.97 Å². The third-order valence-electron chi connectivity index (χ3n) is 4.23. The van der Waals surface area contributed by atoms with E-state index in [9.17, 15) is 9.90 Å². The van der Waals surface area contributed by atoms with Crippen molar-refractivity contribution in [2.24, 2.45) is 5.92 Å². The summed E-state index contributed by atoms with van der Waals surface area (Å²) >= 11 is 0. The van der Waals surface area contributed by atoms with Gasteiger partial charge in [0.25, 0.3) is 0 Å². The first kappa shape index (κ1) is 18.5. The van der Waals surface area contributed by atoms with E-state index in [1.165, 1.54) is 27.1 Å². The maximum Gasteiger partial charge on any atom is 0.337 e. The van der Waals surface area contributed by atoms with E-state index in [-0.39, 0.29) is 6.61 Å². The van der Waals surface area contributed by atoms with Crippen LogP contribution in [-0.4, -0.2) is 62.5 Å². The third-order valence-corrected chi connectivity index (χ3v) is 4.23. The zero-order chi connectivity index (χ0) is 17.5. The van der Waals surface area contributed by atoms with Gasteiger partial charge in [-0.3, -0.25) is 0 Å². The lowest BCUT2D eigenvalue weighted by Crippen LogP contribution is -2.41. The number of likely N-dealkylation sites (tertiary alicyclic amines) is 1. The van der Waals surface area contributed by atoms with Gasteiger partial charge in [0, 0.05) is 13.1 Å². The fraction of sp³-hybridized carbons (Fsp3) is 0.611. The van der Waals surface area contributed by atoms with Crippen molar-refractivity contribution in [2.45, 2.75) is 25.9 Å². The molecule has 2 atom stereocenters. The van der Waals surface area contributed by atoms with Crippen LogP contribution in [0, 0.1) is 5.92 Å². The Hall–Kier alpha value is -1.79. The smallest absolute Gasteiger partial charge is 0.337 e. The number of aliphatic hydroxyl groups excluding tert-OH is 1. The van der Waals surface area contributed by atoms with E-state index in [1.54, 1.807) is 18.2 Å². The summed E-state index contributed by atoms with van der Waals surface area (Å²) < 4.78 is 15.6. The second kappa shape index (κ2) is 8.89. The van der Waals surface area contributed by atoms with E-state index in [0.29, 0.717) is 29.5 Å². The molecule has 1 aliphatic heterocycles. The van der Waals surface area contributed by atoms with Gasteiger partial charge < -0.3 is 24.2 Å². The number of hydrogen-bond donors (Lipinski definition) is 1. The second-order valence-corrected chi connectivity index (χ2v) is 6.33.